The maximum Gasteiger partial charge on any atom is 0.254 e. The average molecular weight is 378 g/mol. The van der Waals surface area contributed by atoms with Crippen molar-refractivity contribution in [1.29, 1.82) is 0 Å². The molecule has 1 aromatic heterocycles. The van der Waals surface area contributed by atoms with Gasteiger partial charge >= 0.3 is 0 Å². The van der Waals surface area contributed by atoms with Gasteiger partial charge in [-0.15, -0.1) is 9.66 Å². The van der Waals surface area contributed by atoms with E-state index in [0.717, 1.165) is 28.6 Å². The highest BCUT2D eigenvalue weighted by molar-refractivity contribution is 5.75. The molecule has 2 N–H and O–H groups in total. The van der Waals surface area contributed by atoms with E-state index in [9.17, 15) is 0 Å². The maximum absolute atomic E-state index is 4.36. The van der Waals surface area contributed by atoms with Crippen LogP contribution in [0, 0.1) is 13.8 Å². The molecule has 0 aliphatic carbocycles. The van der Waals surface area contributed by atoms with Gasteiger partial charge in [-0.05, 0) is 49.2 Å². The minimum atomic E-state index is 1.00. The van der Waals surface area contributed by atoms with Crippen LogP contribution in [0.2, 0.25) is 0 Å². The Bertz CT molecular complexity index is 890. The van der Waals surface area contributed by atoms with Crippen LogP contribution >= 0.6 is 0 Å². The van der Waals surface area contributed by atoms with E-state index in [-0.39, 0.29) is 0 Å². The van der Waals surface area contributed by atoms with Crippen LogP contribution in [0.15, 0.2) is 55.0 Å². The second-order valence-corrected chi connectivity index (χ2v) is 6.91. The zero-order valence-electron chi connectivity index (χ0n) is 17.5. The molecule has 0 aliphatic rings. The fourth-order valence-electron chi connectivity index (χ4n) is 3.36. The molecule has 0 amide bonds. The van der Waals surface area contributed by atoms with E-state index in [1.165, 1.54) is 11.1 Å². The largest absolute Gasteiger partial charge is 0.386 e. The van der Waals surface area contributed by atoms with E-state index in [4.69, 9.17) is 0 Å². The fraction of sp³-hybridized carbons (Fsp3) is 0.273. The molecular formula is C22H29N6+. The fourth-order valence-corrected chi connectivity index (χ4v) is 3.36. The molecule has 0 spiro atoms. The van der Waals surface area contributed by atoms with Crippen molar-refractivity contribution in [3.63, 3.8) is 0 Å². The maximum atomic E-state index is 4.36. The Hall–Kier alpha value is -3.28. The summed E-state index contributed by atoms with van der Waals surface area (Å²) in [4.78, 5) is 6.52. The van der Waals surface area contributed by atoms with Gasteiger partial charge in [-0.1, -0.05) is 12.1 Å². The lowest BCUT2D eigenvalue weighted by Gasteiger charge is -2.26. The molecule has 6 heteroatoms. The molecule has 1 heterocycles. The van der Waals surface area contributed by atoms with Gasteiger partial charge in [0.1, 0.15) is 11.9 Å². The first-order valence-electron chi connectivity index (χ1n) is 9.36. The van der Waals surface area contributed by atoms with E-state index < -0.39 is 0 Å². The highest BCUT2D eigenvalue weighted by Gasteiger charge is 2.22. The number of aromatic nitrogens is 2. The van der Waals surface area contributed by atoms with Gasteiger partial charge < -0.3 is 10.6 Å². The first kappa shape index (κ1) is 19.5. The summed E-state index contributed by atoms with van der Waals surface area (Å²) in [5.41, 5.74) is 6.75. The van der Waals surface area contributed by atoms with Gasteiger partial charge in [-0.3, -0.25) is 4.90 Å². The Labute approximate surface area is 167 Å². The molecule has 2 aromatic carbocycles. The van der Waals surface area contributed by atoms with Gasteiger partial charge in [0.05, 0.1) is 24.1 Å². The monoisotopic (exact) mass is 377 g/mol. The normalized spacial score (nSPS) is 10.5. The first-order valence-corrected chi connectivity index (χ1v) is 9.36. The van der Waals surface area contributed by atoms with E-state index in [0.29, 0.717) is 0 Å². The zero-order valence-corrected chi connectivity index (χ0v) is 17.5. The number of nitrogens with zero attached hydrogens (tertiary/aromatic N) is 4. The number of hydrogen-bond acceptors (Lipinski definition) is 5. The van der Waals surface area contributed by atoms with Crippen LogP contribution in [0.1, 0.15) is 11.1 Å². The predicted octanol–water partition coefficient (Wildman–Crippen LogP) is 3.74. The molecule has 28 heavy (non-hydrogen) atoms. The topological polar surface area (TPSA) is 47.3 Å². The van der Waals surface area contributed by atoms with Gasteiger partial charge in [-0.25, -0.2) is 5.01 Å². The van der Waals surface area contributed by atoms with Crippen LogP contribution in [-0.2, 0) is 0 Å². The smallest absolute Gasteiger partial charge is 0.254 e. The summed E-state index contributed by atoms with van der Waals surface area (Å²) in [6, 6.07) is 14.8. The van der Waals surface area contributed by atoms with Crippen molar-refractivity contribution >= 4 is 28.6 Å². The Morgan fingerprint density at radius 1 is 0.821 bits per heavy atom. The quantitative estimate of drug-likeness (QED) is 0.641. The molecule has 146 valence electrons. The first-order chi connectivity index (χ1) is 13.5. The Kier molecular flexibility index (Phi) is 5.68. The molecule has 0 atom stereocenters. The van der Waals surface area contributed by atoms with Crippen LogP contribution in [0.5, 0.6) is 0 Å². The highest BCUT2D eigenvalue weighted by atomic mass is 15.6. The summed E-state index contributed by atoms with van der Waals surface area (Å²) >= 11 is 0. The summed E-state index contributed by atoms with van der Waals surface area (Å²) < 4.78 is 2.05. The summed E-state index contributed by atoms with van der Waals surface area (Å²) in [7, 11) is 8.00. The minimum absolute atomic E-state index is 1.00. The van der Waals surface area contributed by atoms with Crippen molar-refractivity contribution in [3.05, 3.63) is 66.1 Å². The summed E-state index contributed by atoms with van der Waals surface area (Å²) in [5.74, 6) is 1.00. The molecule has 0 bridgehead atoms. The molecule has 0 saturated carbocycles. The number of anilines is 5. The minimum Gasteiger partial charge on any atom is -0.386 e. The lowest BCUT2D eigenvalue weighted by Crippen LogP contribution is -2.55. The Balaban J connectivity index is 2.07. The predicted molar refractivity (Wildman–Crippen MR) is 118 cm³/mol. The van der Waals surface area contributed by atoms with Crippen LogP contribution in [0.4, 0.5) is 28.6 Å². The molecule has 0 radical (unpaired) electrons. The van der Waals surface area contributed by atoms with Gasteiger partial charge in [0.15, 0.2) is 0 Å². The van der Waals surface area contributed by atoms with Gasteiger partial charge in [-0.2, -0.15) is 0 Å². The van der Waals surface area contributed by atoms with Gasteiger partial charge in [0.2, 0.25) is 6.33 Å². The Morgan fingerprint density at radius 2 is 1.39 bits per heavy atom. The average Bonchev–Trinajstić information content (AvgIpc) is 2.72. The number of hydrogen-bond donors (Lipinski definition) is 2. The van der Waals surface area contributed by atoms with Crippen molar-refractivity contribution in [3.8, 4) is 0 Å². The van der Waals surface area contributed by atoms with Crippen LogP contribution in [0.25, 0.3) is 0 Å². The molecule has 0 aliphatic heterocycles. The highest BCUT2D eigenvalue weighted by Crippen LogP contribution is 2.31. The molecule has 6 nitrogen and oxygen atoms in total. The van der Waals surface area contributed by atoms with Crippen molar-refractivity contribution < 1.29 is 4.68 Å². The van der Waals surface area contributed by atoms with Crippen LogP contribution in [0.3, 0.4) is 0 Å². The van der Waals surface area contributed by atoms with Crippen molar-refractivity contribution in [2.24, 2.45) is 0 Å². The summed E-state index contributed by atoms with van der Waals surface area (Å²) in [6.45, 7) is 4.19. The zero-order chi connectivity index (χ0) is 20.3. The van der Waals surface area contributed by atoms with Gasteiger partial charge in [0, 0.05) is 27.2 Å². The SMILES string of the molecule is CNc1cc(C)ccc1N(C)c1ccnc[n+]1N(C)c1ccc(C)cc1NC. The molecule has 3 rings (SSSR count). The van der Waals surface area contributed by atoms with Crippen molar-refractivity contribution in [1.82, 2.24) is 4.98 Å². The number of rotatable bonds is 6. The van der Waals surface area contributed by atoms with Crippen molar-refractivity contribution in [2.45, 2.75) is 13.8 Å². The number of benzene rings is 2. The molecule has 0 fully saturated rings. The van der Waals surface area contributed by atoms with E-state index in [1.54, 1.807) is 0 Å². The molecular weight excluding hydrogens is 348 g/mol. The van der Waals surface area contributed by atoms with Crippen LogP contribution < -0.4 is 25.2 Å². The standard InChI is InChI=1S/C22H29N6/c1-16-7-9-20(18(13-16)23-3)26(5)22-11-12-25-15-28(22)27(6)21-10-8-17(2)14-19(21)24-4/h7-15,23-24H,1-6H3/q+1. The summed E-state index contributed by atoms with van der Waals surface area (Å²) in [5, 5.41) is 8.69. The molecule has 0 unspecified atom stereocenters. The molecule has 0 saturated heterocycles. The second-order valence-electron chi connectivity index (χ2n) is 6.91. The van der Waals surface area contributed by atoms with E-state index in [2.05, 4.69) is 82.8 Å². The lowest BCUT2D eigenvalue weighted by molar-refractivity contribution is -0.671. The molecule has 3 aromatic rings. The van der Waals surface area contributed by atoms with Crippen LogP contribution in [-0.4, -0.2) is 33.2 Å². The number of nitrogens with one attached hydrogen (secondary N) is 2. The van der Waals surface area contributed by atoms with Crippen molar-refractivity contribution in [2.75, 3.05) is 48.7 Å². The summed E-state index contributed by atoms with van der Waals surface area (Å²) in [6.07, 6.45) is 3.65. The third-order valence-corrected chi connectivity index (χ3v) is 4.94. The van der Waals surface area contributed by atoms with E-state index in [1.807, 2.05) is 44.4 Å². The number of aryl methyl sites for hydroxylation is 2. The second kappa shape index (κ2) is 8.17. The third kappa shape index (κ3) is 3.71. The Morgan fingerprint density at radius 3 is 2.00 bits per heavy atom. The van der Waals surface area contributed by atoms with E-state index >= 15 is 0 Å². The van der Waals surface area contributed by atoms with Gasteiger partial charge in [0.25, 0.3) is 5.82 Å². The lowest BCUT2D eigenvalue weighted by atomic mass is 10.1. The third-order valence-electron chi connectivity index (χ3n) is 4.94.